The highest BCUT2D eigenvalue weighted by Crippen LogP contribution is 2.24. The first-order chi connectivity index (χ1) is 13.2. The monoisotopic (exact) mass is 364 g/mol. The second kappa shape index (κ2) is 7.66. The average Bonchev–Trinajstić information content (AvgIpc) is 3.37. The molecule has 4 rings (SSSR count). The number of hydrogen-bond acceptors (Lipinski definition) is 3. The lowest BCUT2D eigenvalue weighted by Gasteiger charge is -2.18. The van der Waals surface area contributed by atoms with E-state index in [2.05, 4.69) is 22.3 Å². The number of carbonyl (C=O) groups is 1. The number of benzene rings is 2. The molecule has 3 aromatic rings. The minimum Gasteiger partial charge on any atom is -0.451 e. The van der Waals surface area contributed by atoms with Gasteiger partial charge in [-0.1, -0.05) is 18.2 Å². The zero-order valence-corrected chi connectivity index (χ0v) is 14.9. The van der Waals surface area contributed by atoms with Gasteiger partial charge in [0.25, 0.3) is 5.91 Å². The number of anilines is 1. The molecule has 1 fully saturated rings. The Hall–Kier alpha value is -3.08. The van der Waals surface area contributed by atoms with Crippen molar-refractivity contribution in [2.75, 3.05) is 24.5 Å². The van der Waals surface area contributed by atoms with Crippen LogP contribution in [0.15, 0.2) is 71.1 Å². The predicted molar refractivity (Wildman–Crippen MR) is 103 cm³/mol. The second-order valence-corrected chi connectivity index (χ2v) is 6.82. The maximum absolute atomic E-state index is 13.0. The molecule has 0 spiro atoms. The van der Waals surface area contributed by atoms with Crippen LogP contribution in [0, 0.1) is 11.7 Å². The van der Waals surface area contributed by atoms with E-state index in [4.69, 9.17) is 4.42 Å². The third-order valence-corrected chi connectivity index (χ3v) is 4.92. The van der Waals surface area contributed by atoms with Crippen LogP contribution in [0.4, 0.5) is 10.1 Å². The Morgan fingerprint density at radius 3 is 2.63 bits per heavy atom. The first-order valence-corrected chi connectivity index (χ1v) is 9.13. The zero-order valence-electron chi connectivity index (χ0n) is 14.9. The van der Waals surface area contributed by atoms with Crippen LogP contribution in [0.5, 0.6) is 0 Å². The van der Waals surface area contributed by atoms with Crippen LogP contribution in [0.1, 0.15) is 17.0 Å². The van der Waals surface area contributed by atoms with Crippen LogP contribution >= 0.6 is 0 Å². The van der Waals surface area contributed by atoms with Crippen LogP contribution < -0.4 is 10.2 Å². The van der Waals surface area contributed by atoms with Gasteiger partial charge in [-0.25, -0.2) is 4.39 Å². The molecule has 1 aliphatic rings. The topological polar surface area (TPSA) is 45.5 Å². The van der Waals surface area contributed by atoms with Crippen molar-refractivity contribution in [1.82, 2.24) is 5.32 Å². The maximum atomic E-state index is 13.0. The van der Waals surface area contributed by atoms with Gasteiger partial charge in [0.05, 0.1) is 0 Å². The number of nitrogens with zero attached hydrogens (tertiary/aromatic N) is 1. The van der Waals surface area contributed by atoms with Crippen molar-refractivity contribution >= 4 is 11.6 Å². The molecule has 2 heterocycles. The summed E-state index contributed by atoms with van der Waals surface area (Å²) in [4.78, 5) is 14.7. The molecule has 1 amide bonds. The summed E-state index contributed by atoms with van der Waals surface area (Å²) in [6.45, 7) is 2.55. The summed E-state index contributed by atoms with van der Waals surface area (Å²) in [5.41, 5.74) is 1.96. The Labute approximate surface area is 157 Å². The Balaban J connectivity index is 1.32. The predicted octanol–water partition coefficient (Wildman–Crippen LogP) is 4.34. The van der Waals surface area contributed by atoms with Crippen LogP contribution in [0.25, 0.3) is 11.3 Å². The van der Waals surface area contributed by atoms with Gasteiger partial charge < -0.3 is 14.6 Å². The number of carbonyl (C=O) groups excluding carboxylic acids is 1. The summed E-state index contributed by atoms with van der Waals surface area (Å²) in [6, 6.07) is 19.7. The molecule has 1 unspecified atom stereocenters. The number of amides is 1. The molecule has 0 radical (unpaired) electrons. The smallest absolute Gasteiger partial charge is 0.287 e. The van der Waals surface area contributed by atoms with E-state index in [1.165, 1.54) is 17.8 Å². The van der Waals surface area contributed by atoms with E-state index in [-0.39, 0.29) is 17.5 Å². The summed E-state index contributed by atoms with van der Waals surface area (Å²) in [7, 11) is 0. The Morgan fingerprint density at radius 2 is 1.85 bits per heavy atom. The molecule has 1 saturated heterocycles. The van der Waals surface area contributed by atoms with Gasteiger partial charge in [-0.3, -0.25) is 4.79 Å². The summed E-state index contributed by atoms with van der Waals surface area (Å²) >= 11 is 0. The van der Waals surface area contributed by atoms with Gasteiger partial charge in [0.1, 0.15) is 11.6 Å². The van der Waals surface area contributed by atoms with Crippen molar-refractivity contribution in [3.05, 3.63) is 78.3 Å². The third-order valence-electron chi connectivity index (χ3n) is 4.92. The minimum atomic E-state index is -0.301. The maximum Gasteiger partial charge on any atom is 0.287 e. The number of para-hydroxylation sites is 1. The van der Waals surface area contributed by atoms with Crippen molar-refractivity contribution < 1.29 is 13.6 Å². The van der Waals surface area contributed by atoms with Gasteiger partial charge >= 0.3 is 0 Å². The molecule has 27 heavy (non-hydrogen) atoms. The molecular weight excluding hydrogens is 343 g/mol. The molecule has 0 saturated carbocycles. The summed E-state index contributed by atoms with van der Waals surface area (Å²) in [6.07, 6.45) is 1.05. The van der Waals surface area contributed by atoms with Gasteiger partial charge in [0.2, 0.25) is 0 Å². The lowest BCUT2D eigenvalue weighted by Crippen LogP contribution is -2.30. The quantitative estimate of drug-likeness (QED) is 0.732. The summed E-state index contributed by atoms with van der Waals surface area (Å²) < 4.78 is 18.7. The molecule has 2 aromatic carbocycles. The molecule has 0 aliphatic carbocycles. The SMILES string of the molecule is O=C(NCC1CCN(c2ccccc2)C1)c1ccc(-c2ccc(F)cc2)o1. The molecule has 138 valence electrons. The van der Waals surface area contributed by atoms with E-state index >= 15 is 0 Å². The largest absolute Gasteiger partial charge is 0.451 e. The molecule has 5 heteroatoms. The Morgan fingerprint density at radius 1 is 1.07 bits per heavy atom. The number of hydrogen-bond donors (Lipinski definition) is 1. The normalized spacial score (nSPS) is 16.5. The minimum absolute atomic E-state index is 0.221. The molecular formula is C22H21FN2O2. The Bertz CT molecular complexity index is 906. The van der Waals surface area contributed by atoms with Gasteiger partial charge in [-0.2, -0.15) is 0 Å². The number of halogens is 1. The first kappa shape index (κ1) is 17.3. The fraction of sp³-hybridized carbons (Fsp3) is 0.227. The van der Waals surface area contributed by atoms with Crippen LogP contribution in [-0.2, 0) is 0 Å². The highest BCUT2D eigenvalue weighted by Gasteiger charge is 2.23. The Kier molecular flexibility index (Phi) is 4.92. The van der Waals surface area contributed by atoms with Crippen molar-refractivity contribution in [1.29, 1.82) is 0 Å². The molecule has 4 nitrogen and oxygen atoms in total. The molecule has 1 N–H and O–H groups in total. The van der Waals surface area contributed by atoms with Crippen molar-refractivity contribution in [2.24, 2.45) is 5.92 Å². The number of furan rings is 1. The van der Waals surface area contributed by atoms with Gasteiger partial charge in [-0.15, -0.1) is 0 Å². The highest BCUT2D eigenvalue weighted by atomic mass is 19.1. The molecule has 1 atom stereocenters. The van der Waals surface area contributed by atoms with Crippen LogP contribution in [-0.4, -0.2) is 25.5 Å². The van der Waals surface area contributed by atoms with E-state index in [1.54, 1.807) is 24.3 Å². The highest BCUT2D eigenvalue weighted by molar-refractivity contribution is 5.92. The number of rotatable bonds is 5. The van der Waals surface area contributed by atoms with Gasteiger partial charge in [-0.05, 0) is 60.9 Å². The molecule has 1 aliphatic heterocycles. The van der Waals surface area contributed by atoms with E-state index in [1.807, 2.05) is 18.2 Å². The first-order valence-electron chi connectivity index (χ1n) is 9.13. The van der Waals surface area contributed by atoms with E-state index in [9.17, 15) is 9.18 Å². The van der Waals surface area contributed by atoms with Crippen LogP contribution in [0.3, 0.4) is 0 Å². The van der Waals surface area contributed by atoms with E-state index < -0.39 is 0 Å². The molecule has 0 bridgehead atoms. The van der Waals surface area contributed by atoms with Crippen molar-refractivity contribution in [2.45, 2.75) is 6.42 Å². The van der Waals surface area contributed by atoms with Gasteiger partial charge in [0.15, 0.2) is 5.76 Å². The van der Waals surface area contributed by atoms with Crippen molar-refractivity contribution in [3.63, 3.8) is 0 Å². The number of nitrogens with one attached hydrogen (secondary N) is 1. The van der Waals surface area contributed by atoms with Gasteiger partial charge in [0, 0.05) is 30.9 Å². The lowest BCUT2D eigenvalue weighted by molar-refractivity contribution is 0.0921. The fourth-order valence-electron chi connectivity index (χ4n) is 3.43. The van der Waals surface area contributed by atoms with Crippen molar-refractivity contribution in [3.8, 4) is 11.3 Å². The second-order valence-electron chi connectivity index (χ2n) is 6.82. The fourth-order valence-corrected chi connectivity index (χ4v) is 3.43. The van der Waals surface area contributed by atoms with Crippen LogP contribution in [0.2, 0.25) is 0 Å². The summed E-state index contributed by atoms with van der Waals surface area (Å²) in [5.74, 6) is 0.718. The molecule has 1 aromatic heterocycles. The van der Waals surface area contributed by atoms with E-state index in [0.717, 1.165) is 25.1 Å². The lowest BCUT2D eigenvalue weighted by atomic mass is 10.1. The summed E-state index contributed by atoms with van der Waals surface area (Å²) in [5, 5.41) is 2.97. The average molecular weight is 364 g/mol. The standard InChI is InChI=1S/C22H21FN2O2/c23-18-8-6-17(7-9-18)20-10-11-21(27-20)22(26)24-14-16-12-13-25(15-16)19-4-2-1-3-5-19/h1-11,16H,12-15H2,(H,24,26). The van der Waals surface area contributed by atoms with E-state index in [0.29, 0.717) is 18.2 Å². The zero-order chi connectivity index (χ0) is 18.6. The third kappa shape index (κ3) is 4.03.